The second kappa shape index (κ2) is 7.09. The minimum Gasteiger partial charge on any atom is -0.444 e. The first-order chi connectivity index (χ1) is 11.2. The molecular weight excluding hydrogens is 290 g/mol. The van der Waals surface area contributed by atoms with Gasteiger partial charge in [0.1, 0.15) is 12.4 Å². The third kappa shape index (κ3) is 4.19. The monoisotopic (exact) mass is 309 g/mol. The van der Waals surface area contributed by atoms with Gasteiger partial charge in [-0.3, -0.25) is 10.1 Å². The Balaban J connectivity index is 1.51. The Morgan fingerprint density at radius 3 is 2.48 bits per heavy atom. The average Bonchev–Trinajstić information content (AvgIpc) is 3.01. The van der Waals surface area contributed by atoms with E-state index in [1.807, 2.05) is 54.6 Å². The van der Waals surface area contributed by atoms with Gasteiger partial charge in [0, 0.05) is 18.5 Å². The van der Waals surface area contributed by atoms with Gasteiger partial charge in [-0.25, -0.2) is 4.79 Å². The van der Waals surface area contributed by atoms with Crippen molar-refractivity contribution in [1.82, 2.24) is 0 Å². The van der Waals surface area contributed by atoms with Crippen molar-refractivity contribution in [3.05, 3.63) is 65.7 Å². The Hall–Kier alpha value is -2.62. The highest BCUT2D eigenvalue weighted by Crippen LogP contribution is 2.32. The molecule has 1 fully saturated rings. The highest BCUT2D eigenvalue weighted by atomic mass is 16.5. The number of carbonyl (C=O) groups excluding carboxylic acids is 2. The van der Waals surface area contributed by atoms with Crippen LogP contribution < -0.4 is 5.32 Å². The van der Waals surface area contributed by atoms with Crippen LogP contribution in [0.3, 0.4) is 0 Å². The van der Waals surface area contributed by atoms with Crippen molar-refractivity contribution >= 4 is 17.6 Å². The molecular formula is C19H19NO3. The van der Waals surface area contributed by atoms with E-state index in [0.717, 1.165) is 17.5 Å². The number of carbonyl (C=O) groups is 2. The van der Waals surface area contributed by atoms with Crippen LogP contribution in [0.1, 0.15) is 36.3 Å². The second-order valence-electron chi connectivity index (χ2n) is 5.79. The fraction of sp³-hybridized carbons (Fsp3) is 0.263. The lowest BCUT2D eigenvalue weighted by Crippen LogP contribution is -2.13. The van der Waals surface area contributed by atoms with Crippen molar-refractivity contribution in [1.29, 1.82) is 0 Å². The summed E-state index contributed by atoms with van der Waals surface area (Å²) in [4.78, 5) is 23.1. The predicted octanol–water partition coefficient (Wildman–Crippen LogP) is 4.27. The van der Waals surface area contributed by atoms with Gasteiger partial charge in [0.15, 0.2) is 0 Å². The van der Waals surface area contributed by atoms with Crippen LogP contribution in [-0.4, -0.2) is 11.9 Å². The first kappa shape index (κ1) is 15.3. The predicted molar refractivity (Wildman–Crippen MR) is 88.3 cm³/mol. The summed E-state index contributed by atoms with van der Waals surface area (Å²) in [7, 11) is 0. The van der Waals surface area contributed by atoms with E-state index < -0.39 is 6.09 Å². The lowest BCUT2D eigenvalue weighted by atomic mass is 9.97. The number of anilines is 1. The molecule has 1 N–H and O–H groups in total. The standard InChI is InChI=1S/C19H19NO3/c21-18-11-8-16(12-18)15-6-9-17(10-7-15)20-19(22)23-13-14-4-2-1-3-5-14/h1-7,9-10,16H,8,11-13H2,(H,20,22)/t16-/m0/s1. The van der Waals surface area contributed by atoms with Crippen LogP contribution in [0.5, 0.6) is 0 Å². The number of benzene rings is 2. The number of rotatable bonds is 4. The molecule has 23 heavy (non-hydrogen) atoms. The Morgan fingerprint density at radius 2 is 1.83 bits per heavy atom. The van der Waals surface area contributed by atoms with E-state index in [1.54, 1.807) is 0 Å². The minimum absolute atomic E-state index is 0.245. The maximum Gasteiger partial charge on any atom is 0.411 e. The van der Waals surface area contributed by atoms with Gasteiger partial charge in [0.25, 0.3) is 0 Å². The van der Waals surface area contributed by atoms with Crippen molar-refractivity contribution in [3.63, 3.8) is 0 Å². The molecule has 4 nitrogen and oxygen atoms in total. The number of nitrogens with one attached hydrogen (secondary N) is 1. The van der Waals surface area contributed by atoms with Gasteiger partial charge < -0.3 is 4.74 Å². The number of hydrogen-bond acceptors (Lipinski definition) is 3. The topological polar surface area (TPSA) is 55.4 Å². The van der Waals surface area contributed by atoms with E-state index in [0.29, 0.717) is 30.2 Å². The molecule has 1 atom stereocenters. The molecule has 0 aromatic heterocycles. The van der Waals surface area contributed by atoms with Gasteiger partial charge >= 0.3 is 6.09 Å². The molecule has 1 aliphatic rings. The molecule has 2 aromatic carbocycles. The highest BCUT2D eigenvalue weighted by molar-refractivity contribution is 5.84. The van der Waals surface area contributed by atoms with Crippen molar-refractivity contribution in [2.45, 2.75) is 31.8 Å². The number of hydrogen-bond donors (Lipinski definition) is 1. The van der Waals surface area contributed by atoms with Crippen LogP contribution >= 0.6 is 0 Å². The largest absolute Gasteiger partial charge is 0.444 e. The Morgan fingerprint density at radius 1 is 1.09 bits per heavy atom. The average molecular weight is 309 g/mol. The van der Waals surface area contributed by atoms with Crippen LogP contribution in [-0.2, 0) is 16.1 Å². The summed E-state index contributed by atoms with van der Waals surface area (Å²) < 4.78 is 5.18. The summed E-state index contributed by atoms with van der Waals surface area (Å²) in [6, 6.07) is 17.2. The molecule has 1 amide bonds. The van der Waals surface area contributed by atoms with Crippen LogP contribution in [0.25, 0.3) is 0 Å². The molecule has 118 valence electrons. The first-order valence-electron chi connectivity index (χ1n) is 7.80. The van der Waals surface area contributed by atoms with Crippen molar-refractivity contribution < 1.29 is 14.3 Å². The lowest BCUT2D eigenvalue weighted by molar-refractivity contribution is -0.117. The quantitative estimate of drug-likeness (QED) is 0.917. The molecule has 0 saturated heterocycles. The zero-order valence-corrected chi connectivity index (χ0v) is 12.8. The Kier molecular flexibility index (Phi) is 4.71. The molecule has 0 aliphatic heterocycles. The number of Topliss-reactive ketones (excluding diaryl/α,β-unsaturated/α-hetero) is 1. The van der Waals surface area contributed by atoms with Crippen molar-refractivity contribution in [2.75, 3.05) is 5.32 Å². The van der Waals surface area contributed by atoms with Gasteiger partial charge in [-0.1, -0.05) is 42.5 Å². The molecule has 1 aliphatic carbocycles. The van der Waals surface area contributed by atoms with Crippen molar-refractivity contribution in [3.8, 4) is 0 Å². The zero-order chi connectivity index (χ0) is 16.1. The van der Waals surface area contributed by atoms with Crippen molar-refractivity contribution in [2.24, 2.45) is 0 Å². The molecule has 1 saturated carbocycles. The molecule has 0 spiro atoms. The maximum atomic E-state index is 11.8. The van der Waals surface area contributed by atoms with Gasteiger partial charge in [-0.05, 0) is 35.6 Å². The summed E-state index contributed by atoms with van der Waals surface area (Å²) in [5.41, 5.74) is 2.79. The maximum absolute atomic E-state index is 11.8. The van der Waals surface area contributed by atoms with Gasteiger partial charge in [0.2, 0.25) is 0 Å². The highest BCUT2D eigenvalue weighted by Gasteiger charge is 2.23. The Bertz CT molecular complexity index is 680. The fourth-order valence-corrected chi connectivity index (χ4v) is 2.81. The lowest BCUT2D eigenvalue weighted by Gasteiger charge is -2.10. The second-order valence-corrected chi connectivity index (χ2v) is 5.79. The zero-order valence-electron chi connectivity index (χ0n) is 12.8. The Labute approximate surface area is 135 Å². The molecule has 0 unspecified atom stereocenters. The van der Waals surface area contributed by atoms with Gasteiger partial charge in [0.05, 0.1) is 0 Å². The van der Waals surface area contributed by atoms with E-state index in [2.05, 4.69) is 5.32 Å². The van der Waals surface area contributed by atoms with Crippen LogP contribution in [0.4, 0.5) is 10.5 Å². The normalized spacial score (nSPS) is 17.0. The minimum atomic E-state index is -0.474. The fourth-order valence-electron chi connectivity index (χ4n) is 2.81. The summed E-state index contributed by atoms with van der Waals surface area (Å²) >= 11 is 0. The molecule has 0 bridgehead atoms. The summed E-state index contributed by atoms with van der Waals surface area (Å²) in [6.07, 6.45) is 1.75. The number of amides is 1. The van der Waals surface area contributed by atoms with E-state index in [1.165, 1.54) is 0 Å². The SMILES string of the molecule is O=C1CC[C@H](c2ccc(NC(=O)OCc3ccccc3)cc2)C1. The van der Waals surface area contributed by atoms with Gasteiger partial charge in [-0.2, -0.15) is 0 Å². The molecule has 2 aromatic rings. The molecule has 4 heteroatoms. The smallest absolute Gasteiger partial charge is 0.411 e. The van der Waals surface area contributed by atoms with Crippen LogP contribution in [0.15, 0.2) is 54.6 Å². The molecule has 0 radical (unpaired) electrons. The summed E-state index contributed by atoms with van der Waals surface area (Å²) in [6.45, 7) is 0.245. The summed E-state index contributed by atoms with van der Waals surface area (Å²) in [5, 5.41) is 2.71. The first-order valence-corrected chi connectivity index (χ1v) is 7.80. The number of ketones is 1. The van der Waals surface area contributed by atoms with E-state index >= 15 is 0 Å². The molecule has 3 rings (SSSR count). The molecule has 0 heterocycles. The van der Waals surface area contributed by atoms with Crippen LogP contribution in [0.2, 0.25) is 0 Å². The third-order valence-electron chi connectivity index (χ3n) is 4.09. The van der Waals surface area contributed by atoms with E-state index in [4.69, 9.17) is 4.74 Å². The van der Waals surface area contributed by atoms with E-state index in [9.17, 15) is 9.59 Å². The van der Waals surface area contributed by atoms with E-state index in [-0.39, 0.29) is 6.61 Å². The van der Waals surface area contributed by atoms with Crippen LogP contribution in [0, 0.1) is 0 Å². The number of ether oxygens (including phenoxy) is 1. The summed E-state index contributed by atoms with van der Waals surface area (Å²) in [5.74, 6) is 0.656. The van der Waals surface area contributed by atoms with Gasteiger partial charge in [-0.15, -0.1) is 0 Å². The third-order valence-corrected chi connectivity index (χ3v) is 4.09.